The van der Waals surface area contributed by atoms with Gasteiger partial charge in [0.05, 0.1) is 0 Å². The summed E-state index contributed by atoms with van der Waals surface area (Å²) in [7, 11) is 0. The van der Waals surface area contributed by atoms with Crippen LogP contribution in [0.2, 0.25) is 0 Å². The molecular weight excluding hydrogens is 300 g/mol. The number of aryl methyl sites for hydroxylation is 2. The van der Waals surface area contributed by atoms with Gasteiger partial charge in [0.1, 0.15) is 5.60 Å². The monoisotopic (exact) mass is 332 g/mol. The van der Waals surface area contributed by atoms with Crippen molar-refractivity contribution in [1.82, 2.24) is 10.6 Å². The van der Waals surface area contributed by atoms with Gasteiger partial charge < -0.3 is 15.4 Å². The van der Waals surface area contributed by atoms with Crippen molar-refractivity contribution in [3.8, 4) is 0 Å². The number of rotatable bonds is 4. The maximum absolute atomic E-state index is 11.9. The summed E-state index contributed by atoms with van der Waals surface area (Å²) in [6.07, 6.45) is 2.72. The molecule has 1 aliphatic carbocycles. The van der Waals surface area contributed by atoms with Gasteiger partial charge in [0.2, 0.25) is 0 Å². The number of carbonyl (C=O) groups excluding carboxylic acids is 1. The minimum Gasteiger partial charge on any atom is -0.444 e. The Kier molecular flexibility index (Phi) is 5.92. The average Bonchev–Trinajstić information content (AvgIpc) is 2.83. The number of nitrogens with one attached hydrogen (secondary N) is 2. The van der Waals surface area contributed by atoms with Gasteiger partial charge in [-0.3, -0.25) is 0 Å². The lowest BCUT2D eigenvalue weighted by Gasteiger charge is -2.23. The van der Waals surface area contributed by atoms with E-state index in [1.165, 1.54) is 16.7 Å². The number of carbonyl (C=O) groups is 1. The summed E-state index contributed by atoms with van der Waals surface area (Å²) >= 11 is 0. The lowest BCUT2D eigenvalue weighted by molar-refractivity contribution is 0.0505. The van der Waals surface area contributed by atoms with E-state index in [4.69, 9.17) is 4.74 Å². The van der Waals surface area contributed by atoms with Crippen molar-refractivity contribution in [1.29, 1.82) is 0 Å². The number of hydrogen-bond acceptors (Lipinski definition) is 3. The van der Waals surface area contributed by atoms with Crippen LogP contribution in [0.1, 0.15) is 69.7 Å². The first-order valence-electron chi connectivity index (χ1n) is 8.97. The molecule has 0 bridgehead atoms. The minimum absolute atomic E-state index is 0.198. The Bertz CT molecular complexity index is 577. The molecular formula is C20H32N2O2. The molecule has 4 nitrogen and oxygen atoms in total. The Morgan fingerprint density at radius 3 is 2.50 bits per heavy atom. The van der Waals surface area contributed by atoms with E-state index in [2.05, 4.69) is 49.6 Å². The number of benzene rings is 1. The molecule has 4 heteroatoms. The van der Waals surface area contributed by atoms with Crippen molar-refractivity contribution in [3.63, 3.8) is 0 Å². The van der Waals surface area contributed by atoms with E-state index in [-0.39, 0.29) is 12.1 Å². The van der Waals surface area contributed by atoms with Crippen LogP contribution in [0.5, 0.6) is 0 Å². The van der Waals surface area contributed by atoms with Gasteiger partial charge in [-0.15, -0.1) is 0 Å². The van der Waals surface area contributed by atoms with Crippen molar-refractivity contribution in [2.75, 3.05) is 0 Å². The molecule has 1 fully saturated rings. The SMILES string of the molecule is Cc1ccc(C(C)NC2CCC(NC(=O)OC(C)(C)C)C2)c(C)c1. The molecule has 0 spiro atoms. The Hall–Kier alpha value is -1.55. The van der Waals surface area contributed by atoms with Gasteiger partial charge in [-0.1, -0.05) is 23.8 Å². The maximum Gasteiger partial charge on any atom is 0.407 e. The van der Waals surface area contributed by atoms with Gasteiger partial charge in [-0.05, 0) is 71.9 Å². The highest BCUT2D eigenvalue weighted by atomic mass is 16.6. The van der Waals surface area contributed by atoms with Gasteiger partial charge in [0, 0.05) is 18.1 Å². The zero-order valence-corrected chi connectivity index (χ0v) is 15.9. The van der Waals surface area contributed by atoms with E-state index in [0.29, 0.717) is 12.1 Å². The summed E-state index contributed by atoms with van der Waals surface area (Å²) in [5.41, 5.74) is 3.53. The van der Waals surface area contributed by atoms with Crippen molar-refractivity contribution in [3.05, 3.63) is 34.9 Å². The summed E-state index contributed by atoms with van der Waals surface area (Å²) in [6, 6.07) is 7.56. The molecule has 1 aromatic carbocycles. The molecule has 0 heterocycles. The highest BCUT2D eigenvalue weighted by molar-refractivity contribution is 5.68. The van der Waals surface area contributed by atoms with Crippen LogP contribution >= 0.6 is 0 Å². The first-order chi connectivity index (χ1) is 11.1. The Labute approximate surface area is 146 Å². The number of hydrogen-bond donors (Lipinski definition) is 2. The van der Waals surface area contributed by atoms with Crippen molar-refractivity contribution < 1.29 is 9.53 Å². The molecule has 1 saturated carbocycles. The zero-order chi connectivity index (χ0) is 17.9. The molecule has 1 aliphatic rings. The fourth-order valence-corrected chi connectivity index (χ4v) is 3.49. The van der Waals surface area contributed by atoms with Gasteiger partial charge in [-0.2, -0.15) is 0 Å². The maximum atomic E-state index is 11.9. The fraction of sp³-hybridized carbons (Fsp3) is 0.650. The van der Waals surface area contributed by atoms with E-state index < -0.39 is 5.60 Å². The quantitative estimate of drug-likeness (QED) is 0.859. The number of alkyl carbamates (subject to hydrolysis) is 1. The van der Waals surface area contributed by atoms with Crippen molar-refractivity contribution in [2.45, 2.75) is 84.5 Å². The summed E-state index contributed by atoms with van der Waals surface area (Å²) in [5.74, 6) is 0. The third kappa shape index (κ3) is 5.52. The summed E-state index contributed by atoms with van der Waals surface area (Å²) < 4.78 is 5.34. The lowest BCUT2D eigenvalue weighted by atomic mass is 9.99. The fourth-order valence-electron chi connectivity index (χ4n) is 3.49. The van der Waals surface area contributed by atoms with Crippen LogP contribution in [-0.2, 0) is 4.74 Å². The number of amides is 1. The molecule has 0 aromatic heterocycles. The van der Waals surface area contributed by atoms with Crippen LogP contribution in [0.3, 0.4) is 0 Å². The molecule has 3 unspecified atom stereocenters. The molecule has 2 rings (SSSR count). The second kappa shape index (κ2) is 7.56. The normalized spacial score (nSPS) is 22.2. The van der Waals surface area contributed by atoms with Crippen LogP contribution in [0, 0.1) is 13.8 Å². The highest BCUT2D eigenvalue weighted by Crippen LogP contribution is 2.25. The van der Waals surface area contributed by atoms with Crippen LogP contribution in [0.25, 0.3) is 0 Å². The molecule has 1 aromatic rings. The number of ether oxygens (including phenoxy) is 1. The molecule has 0 radical (unpaired) electrons. The van der Waals surface area contributed by atoms with Gasteiger partial charge in [-0.25, -0.2) is 4.79 Å². The van der Waals surface area contributed by atoms with Gasteiger partial charge in [0.15, 0.2) is 0 Å². The third-order valence-corrected chi connectivity index (χ3v) is 4.53. The van der Waals surface area contributed by atoms with Gasteiger partial charge in [0.25, 0.3) is 0 Å². The first-order valence-corrected chi connectivity index (χ1v) is 8.97. The lowest BCUT2D eigenvalue weighted by Crippen LogP contribution is -2.39. The second-order valence-corrected chi connectivity index (χ2v) is 8.10. The minimum atomic E-state index is -0.447. The predicted molar refractivity (Wildman–Crippen MR) is 98.3 cm³/mol. The van der Waals surface area contributed by atoms with Crippen molar-refractivity contribution >= 4 is 6.09 Å². The van der Waals surface area contributed by atoms with E-state index >= 15 is 0 Å². The van der Waals surface area contributed by atoms with Crippen LogP contribution in [0.15, 0.2) is 18.2 Å². The Morgan fingerprint density at radius 2 is 1.88 bits per heavy atom. The summed E-state index contributed by atoms with van der Waals surface area (Å²) in [4.78, 5) is 11.9. The van der Waals surface area contributed by atoms with Crippen LogP contribution < -0.4 is 10.6 Å². The summed E-state index contributed by atoms with van der Waals surface area (Å²) in [6.45, 7) is 12.2. The Morgan fingerprint density at radius 1 is 1.21 bits per heavy atom. The van der Waals surface area contributed by atoms with E-state index in [1.807, 2.05) is 20.8 Å². The third-order valence-electron chi connectivity index (χ3n) is 4.53. The topological polar surface area (TPSA) is 50.4 Å². The molecule has 0 aliphatic heterocycles. The summed E-state index contributed by atoms with van der Waals surface area (Å²) in [5, 5.41) is 6.71. The second-order valence-electron chi connectivity index (χ2n) is 8.10. The molecule has 2 N–H and O–H groups in total. The molecule has 3 atom stereocenters. The van der Waals surface area contributed by atoms with E-state index in [9.17, 15) is 4.79 Å². The van der Waals surface area contributed by atoms with Gasteiger partial charge >= 0.3 is 6.09 Å². The van der Waals surface area contributed by atoms with Crippen molar-refractivity contribution in [2.24, 2.45) is 0 Å². The highest BCUT2D eigenvalue weighted by Gasteiger charge is 2.28. The molecule has 1 amide bonds. The smallest absolute Gasteiger partial charge is 0.407 e. The average molecular weight is 332 g/mol. The molecule has 24 heavy (non-hydrogen) atoms. The zero-order valence-electron chi connectivity index (χ0n) is 15.9. The molecule has 0 saturated heterocycles. The van der Waals surface area contributed by atoms with E-state index in [0.717, 1.165) is 19.3 Å². The van der Waals surface area contributed by atoms with E-state index in [1.54, 1.807) is 0 Å². The van der Waals surface area contributed by atoms with Crippen LogP contribution in [-0.4, -0.2) is 23.8 Å². The molecule has 134 valence electrons. The van der Waals surface area contributed by atoms with Crippen LogP contribution in [0.4, 0.5) is 4.79 Å². The largest absolute Gasteiger partial charge is 0.444 e. The predicted octanol–water partition coefficient (Wildman–Crippen LogP) is 4.40. The standard InChI is InChI=1S/C20H32N2O2/c1-13-7-10-18(14(2)11-13)15(3)21-16-8-9-17(12-16)22-19(23)24-20(4,5)6/h7,10-11,15-17,21H,8-9,12H2,1-6H3,(H,22,23). The first kappa shape index (κ1) is 18.8. The Balaban J connectivity index is 1.84.